The van der Waals surface area contributed by atoms with E-state index in [9.17, 15) is 9.59 Å². The van der Waals surface area contributed by atoms with Crippen molar-refractivity contribution in [3.63, 3.8) is 0 Å². The number of amides is 1. The molecule has 1 aromatic rings. The predicted molar refractivity (Wildman–Crippen MR) is 61.9 cm³/mol. The average Bonchev–Trinajstić information content (AvgIpc) is 2.46. The van der Waals surface area contributed by atoms with Crippen molar-refractivity contribution in [1.82, 2.24) is 9.88 Å². The smallest absolute Gasteiger partial charge is 0.338 e. The van der Waals surface area contributed by atoms with E-state index in [2.05, 4.69) is 4.98 Å². The van der Waals surface area contributed by atoms with Crippen LogP contribution in [0, 0.1) is 0 Å². The van der Waals surface area contributed by atoms with Gasteiger partial charge < -0.3 is 14.4 Å². The van der Waals surface area contributed by atoms with Gasteiger partial charge in [-0.05, 0) is 12.1 Å². The van der Waals surface area contributed by atoms with Gasteiger partial charge in [0.05, 0.1) is 18.8 Å². The topological polar surface area (TPSA) is 68.7 Å². The largest absolute Gasteiger partial charge is 0.452 e. The number of pyridine rings is 1. The molecule has 6 nitrogen and oxygen atoms in total. The summed E-state index contributed by atoms with van der Waals surface area (Å²) < 4.78 is 10.1. The molecule has 1 fully saturated rings. The van der Waals surface area contributed by atoms with Crippen LogP contribution in [0.15, 0.2) is 24.5 Å². The highest BCUT2D eigenvalue weighted by atomic mass is 16.5. The Morgan fingerprint density at radius 1 is 1.28 bits per heavy atom. The van der Waals surface area contributed by atoms with Gasteiger partial charge in [0.25, 0.3) is 5.91 Å². The predicted octanol–water partition coefficient (Wildman–Crippen LogP) is 0.0972. The molecule has 0 aromatic carbocycles. The van der Waals surface area contributed by atoms with Gasteiger partial charge in [0.15, 0.2) is 6.61 Å². The van der Waals surface area contributed by atoms with Crippen LogP contribution in [-0.4, -0.2) is 54.7 Å². The van der Waals surface area contributed by atoms with Crippen LogP contribution in [0.5, 0.6) is 0 Å². The van der Waals surface area contributed by atoms with Crippen LogP contribution in [0.2, 0.25) is 0 Å². The number of hydrogen-bond donors (Lipinski definition) is 0. The summed E-state index contributed by atoms with van der Waals surface area (Å²) >= 11 is 0. The maximum atomic E-state index is 11.7. The number of morpholine rings is 1. The molecule has 2 rings (SSSR count). The van der Waals surface area contributed by atoms with E-state index in [4.69, 9.17) is 9.47 Å². The first-order valence-electron chi connectivity index (χ1n) is 5.70. The fourth-order valence-electron chi connectivity index (χ4n) is 1.60. The van der Waals surface area contributed by atoms with Gasteiger partial charge in [-0.1, -0.05) is 0 Å². The molecule has 1 saturated heterocycles. The zero-order chi connectivity index (χ0) is 12.8. The first-order chi connectivity index (χ1) is 8.77. The van der Waals surface area contributed by atoms with E-state index in [1.54, 1.807) is 17.0 Å². The van der Waals surface area contributed by atoms with Gasteiger partial charge in [0.1, 0.15) is 0 Å². The number of aromatic nitrogens is 1. The summed E-state index contributed by atoms with van der Waals surface area (Å²) in [5, 5.41) is 0. The summed E-state index contributed by atoms with van der Waals surface area (Å²) in [6.07, 6.45) is 3.00. The summed E-state index contributed by atoms with van der Waals surface area (Å²) in [5.41, 5.74) is 0.389. The molecular formula is C12H14N2O4. The molecule has 18 heavy (non-hydrogen) atoms. The monoisotopic (exact) mass is 250 g/mol. The molecule has 6 heteroatoms. The Bertz CT molecular complexity index is 415. The molecule has 1 aliphatic rings. The van der Waals surface area contributed by atoms with Crippen LogP contribution in [0.3, 0.4) is 0 Å². The van der Waals surface area contributed by atoms with E-state index in [-0.39, 0.29) is 12.5 Å². The molecule has 0 N–H and O–H groups in total. The lowest BCUT2D eigenvalue weighted by molar-refractivity contribution is -0.138. The average molecular weight is 250 g/mol. The third-order valence-corrected chi connectivity index (χ3v) is 2.61. The number of ether oxygens (including phenoxy) is 2. The fraction of sp³-hybridized carbons (Fsp3) is 0.417. The fourth-order valence-corrected chi connectivity index (χ4v) is 1.60. The third kappa shape index (κ3) is 3.27. The second-order valence-corrected chi connectivity index (χ2v) is 3.81. The Balaban J connectivity index is 1.80. The van der Waals surface area contributed by atoms with Crippen molar-refractivity contribution >= 4 is 11.9 Å². The summed E-state index contributed by atoms with van der Waals surface area (Å²) in [6, 6.07) is 3.09. The molecular weight excluding hydrogens is 236 g/mol. The van der Waals surface area contributed by atoms with Gasteiger partial charge in [-0.2, -0.15) is 0 Å². The normalized spacial score (nSPS) is 15.2. The standard InChI is InChI=1S/C12H14N2O4/c15-11(14-5-7-17-8-6-14)9-18-12(16)10-1-3-13-4-2-10/h1-4H,5-9H2. The molecule has 0 bridgehead atoms. The lowest BCUT2D eigenvalue weighted by Gasteiger charge is -2.26. The summed E-state index contributed by atoms with van der Waals surface area (Å²) in [5.74, 6) is -0.709. The molecule has 2 heterocycles. The van der Waals surface area contributed by atoms with E-state index in [0.717, 1.165) is 0 Å². The Hall–Kier alpha value is -1.95. The van der Waals surface area contributed by atoms with Crippen molar-refractivity contribution < 1.29 is 19.1 Å². The highest BCUT2D eigenvalue weighted by Gasteiger charge is 2.18. The molecule has 0 spiro atoms. The van der Waals surface area contributed by atoms with E-state index >= 15 is 0 Å². The Kier molecular flexibility index (Phi) is 4.25. The number of hydrogen-bond acceptors (Lipinski definition) is 5. The Morgan fingerprint density at radius 3 is 2.61 bits per heavy atom. The number of esters is 1. The highest BCUT2D eigenvalue weighted by molar-refractivity contribution is 5.91. The zero-order valence-corrected chi connectivity index (χ0v) is 9.87. The Morgan fingerprint density at radius 2 is 1.94 bits per heavy atom. The van der Waals surface area contributed by atoms with Crippen molar-refractivity contribution in [2.24, 2.45) is 0 Å². The van der Waals surface area contributed by atoms with Crippen LogP contribution in [-0.2, 0) is 14.3 Å². The third-order valence-electron chi connectivity index (χ3n) is 2.61. The molecule has 0 radical (unpaired) electrons. The lowest BCUT2D eigenvalue weighted by atomic mass is 10.3. The molecule has 1 aromatic heterocycles. The molecule has 0 unspecified atom stereocenters. The second kappa shape index (κ2) is 6.11. The number of rotatable bonds is 3. The zero-order valence-electron chi connectivity index (χ0n) is 9.87. The summed E-state index contributed by atoms with van der Waals surface area (Å²) in [4.78, 5) is 28.7. The summed E-state index contributed by atoms with van der Waals surface area (Å²) in [6.45, 7) is 1.92. The maximum absolute atomic E-state index is 11.7. The van der Waals surface area contributed by atoms with Gasteiger partial charge in [0.2, 0.25) is 0 Å². The number of nitrogens with zero attached hydrogens (tertiary/aromatic N) is 2. The SMILES string of the molecule is O=C(OCC(=O)N1CCOCC1)c1ccncc1. The molecule has 1 aliphatic heterocycles. The minimum absolute atomic E-state index is 0.194. The quantitative estimate of drug-likeness (QED) is 0.711. The van der Waals surface area contributed by atoms with Crippen molar-refractivity contribution in [3.05, 3.63) is 30.1 Å². The van der Waals surface area contributed by atoms with Gasteiger partial charge in [0, 0.05) is 25.5 Å². The minimum atomic E-state index is -0.515. The van der Waals surface area contributed by atoms with Crippen LogP contribution >= 0.6 is 0 Å². The first-order valence-corrected chi connectivity index (χ1v) is 5.70. The van der Waals surface area contributed by atoms with Crippen molar-refractivity contribution in [1.29, 1.82) is 0 Å². The van der Waals surface area contributed by atoms with Gasteiger partial charge in [-0.15, -0.1) is 0 Å². The van der Waals surface area contributed by atoms with Gasteiger partial charge in [-0.3, -0.25) is 9.78 Å². The van der Waals surface area contributed by atoms with Crippen LogP contribution in [0.1, 0.15) is 10.4 Å². The van der Waals surface area contributed by atoms with Crippen LogP contribution < -0.4 is 0 Å². The van der Waals surface area contributed by atoms with Crippen molar-refractivity contribution in [2.45, 2.75) is 0 Å². The van der Waals surface area contributed by atoms with Crippen LogP contribution in [0.4, 0.5) is 0 Å². The molecule has 96 valence electrons. The first kappa shape index (κ1) is 12.5. The van der Waals surface area contributed by atoms with E-state index in [1.807, 2.05) is 0 Å². The molecule has 0 aliphatic carbocycles. The number of carbonyl (C=O) groups excluding carboxylic acids is 2. The van der Waals surface area contributed by atoms with Gasteiger partial charge >= 0.3 is 5.97 Å². The molecule has 0 saturated carbocycles. The summed E-state index contributed by atoms with van der Waals surface area (Å²) in [7, 11) is 0. The van der Waals surface area contributed by atoms with E-state index in [1.165, 1.54) is 12.4 Å². The minimum Gasteiger partial charge on any atom is -0.452 e. The Labute approximate surface area is 105 Å². The number of carbonyl (C=O) groups is 2. The van der Waals surface area contributed by atoms with Crippen molar-refractivity contribution in [3.8, 4) is 0 Å². The lowest BCUT2D eigenvalue weighted by Crippen LogP contribution is -2.42. The van der Waals surface area contributed by atoms with Gasteiger partial charge in [-0.25, -0.2) is 4.79 Å². The van der Waals surface area contributed by atoms with E-state index in [0.29, 0.717) is 31.9 Å². The molecule has 0 atom stereocenters. The molecule has 1 amide bonds. The van der Waals surface area contributed by atoms with E-state index < -0.39 is 5.97 Å². The van der Waals surface area contributed by atoms with Crippen LogP contribution in [0.25, 0.3) is 0 Å². The van der Waals surface area contributed by atoms with Crippen molar-refractivity contribution in [2.75, 3.05) is 32.9 Å². The highest BCUT2D eigenvalue weighted by Crippen LogP contribution is 2.01. The second-order valence-electron chi connectivity index (χ2n) is 3.81. The maximum Gasteiger partial charge on any atom is 0.338 e.